The predicted molar refractivity (Wildman–Crippen MR) is 100 cm³/mol. The van der Waals surface area contributed by atoms with Crippen LogP contribution in [0.25, 0.3) is 11.0 Å². The largest absolute Gasteiger partial charge is 0.480 e. The van der Waals surface area contributed by atoms with Crippen molar-refractivity contribution in [2.24, 2.45) is 0 Å². The maximum absolute atomic E-state index is 12.3. The zero-order chi connectivity index (χ0) is 20.3. The van der Waals surface area contributed by atoms with Crippen LogP contribution in [-0.2, 0) is 17.8 Å². The molecule has 3 rings (SSSR count). The standard InChI is InChI=1S/C15H19N9O4/c1-17-14-22-11-9(12(25)23-14)10(16)21-15(28)24(11)3-2-19-8(13(26)27)4-7-5-18-6-20-7/h5-6,8,19H,2-4H2,1H3,(H,18,20)(H,26,27)(H2,16,21,28)(H2,17,22,23,25). The highest BCUT2D eigenvalue weighted by atomic mass is 16.4. The maximum atomic E-state index is 12.3. The van der Waals surface area contributed by atoms with E-state index in [1.807, 2.05) is 0 Å². The van der Waals surface area contributed by atoms with E-state index in [4.69, 9.17) is 5.73 Å². The van der Waals surface area contributed by atoms with E-state index in [1.54, 1.807) is 13.2 Å². The molecular formula is C15H19N9O4. The average molecular weight is 389 g/mol. The van der Waals surface area contributed by atoms with Crippen molar-refractivity contribution in [1.82, 2.24) is 34.8 Å². The number of carbonyl (C=O) groups is 1. The van der Waals surface area contributed by atoms with Gasteiger partial charge in [-0.1, -0.05) is 0 Å². The number of nitrogens with one attached hydrogen (secondary N) is 4. The lowest BCUT2D eigenvalue weighted by Gasteiger charge is -2.15. The molecule has 0 amide bonds. The molecule has 148 valence electrons. The number of aromatic amines is 2. The minimum atomic E-state index is -1.05. The van der Waals surface area contributed by atoms with Crippen LogP contribution in [0.5, 0.6) is 0 Å². The minimum Gasteiger partial charge on any atom is -0.480 e. The van der Waals surface area contributed by atoms with E-state index in [2.05, 4.69) is 35.6 Å². The number of aliphatic carboxylic acids is 1. The number of hydrogen-bond acceptors (Lipinski definition) is 9. The van der Waals surface area contributed by atoms with Crippen LogP contribution < -0.4 is 27.6 Å². The molecule has 0 saturated carbocycles. The number of nitrogen functional groups attached to an aromatic ring is 1. The van der Waals surface area contributed by atoms with E-state index >= 15 is 0 Å². The average Bonchev–Trinajstić information content (AvgIpc) is 3.15. The molecule has 28 heavy (non-hydrogen) atoms. The van der Waals surface area contributed by atoms with Gasteiger partial charge in [0.25, 0.3) is 5.56 Å². The second kappa shape index (κ2) is 7.87. The topological polar surface area (TPSA) is 197 Å². The zero-order valence-electron chi connectivity index (χ0n) is 14.9. The van der Waals surface area contributed by atoms with Crippen LogP contribution in [0.15, 0.2) is 22.1 Å². The van der Waals surface area contributed by atoms with Crippen molar-refractivity contribution in [2.75, 3.05) is 24.6 Å². The molecule has 0 saturated heterocycles. The number of carboxylic acids is 1. The van der Waals surface area contributed by atoms with Gasteiger partial charge < -0.3 is 26.5 Å². The van der Waals surface area contributed by atoms with Crippen molar-refractivity contribution < 1.29 is 9.90 Å². The van der Waals surface area contributed by atoms with Crippen LogP contribution in [0, 0.1) is 0 Å². The van der Waals surface area contributed by atoms with E-state index in [1.165, 1.54) is 10.9 Å². The molecule has 0 aromatic carbocycles. The van der Waals surface area contributed by atoms with Gasteiger partial charge >= 0.3 is 11.7 Å². The van der Waals surface area contributed by atoms with Gasteiger partial charge in [0.1, 0.15) is 17.2 Å². The number of H-pyrrole nitrogens is 2. The molecule has 1 atom stereocenters. The fraction of sp³-hybridized carbons (Fsp3) is 0.333. The van der Waals surface area contributed by atoms with E-state index in [0.29, 0.717) is 5.69 Å². The molecule has 0 aliphatic rings. The lowest BCUT2D eigenvalue weighted by molar-refractivity contribution is -0.139. The van der Waals surface area contributed by atoms with Gasteiger partial charge in [0.15, 0.2) is 5.65 Å². The van der Waals surface area contributed by atoms with E-state index < -0.39 is 23.3 Å². The van der Waals surface area contributed by atoms with Crippen molar-refractivity contribution >= 4 is 28.8 Å². The Bertz CT molecular complexity index is 1100. The van der Waals surface area contributed by atoms with Crippen molar-refractivity contribution in [3.8, 4) is 0 Å². The predicted octanol–water partition coefficient (Wildman–Crippen LogP) is -1.89. The number of imidazole rings is 1. The first-order valence-corrected chi connectivity index (χ1v) is 8.32. The quantitative estimate of drug-likeness (QED) is 0.253. The van der Waals surface area contributed by atoms with Gasteiger partial charge in [-0.2, -0.15) is 9.97 Å². The summed E-state index contributed by atoms with van der Waals surface area (Å²) >= 11 is 0. The number of carboxylic acid groups (broad SMARTS) is 1. The Hall–Kier alpha value is -3.74. The fourth-order valence-electron chi connectivity index (χ4n) is 2.73. The number of aromatic nitrogens is 6. The lowest BCUT2D eigenvalue weighted by atomic mass is 10.1. The van der Waals surface area contributed by atoms with Crippen molar-refractivity contribution in [2.45, 2.75) is 19.0 Å². The molecule has 0 spiro atoms. The van der Waals surface area contributed by atoms with Crippen molar-refractivity contribution in [3.63, 3.8) is 0 Å². The Morgan fingerprint density at radius 1 is 1.39 bits per heavy atom. The first-order valence-electron chi connectivity index (χ1n) is 8.32. The maximum Gasteiger partial charge on any atom is 0.351 e. The lowest BCUT2D eigenvalue weighted by Crippen LogP contribution is -2.41. The van der Waals surface area contributed by atoms with Crippen LogP contribution >= 0.6 is 0 Å². The summed E-state index contributed by atoms with van der Waals surface area (Å²) in [5.41, 5.74) is 5.12. The summed E-state index contributed by atoms with van der Waals surface area (Å²) in [4.78, 5) is 53.0. The molecule has 0 aliphatic carbocycles. The summed E-state index contributed by atoms with van der Waals surface area (Å²) in [6, 6.07) is -0.906. The van der Waals surface area contributed by atoms with E-state index in [0.717, 1.165) is 0 Å². The summed E-state index contributed by atoms with van der Waals surface area (Å²) in [5, 5.41) is 14.9. The van der Waals surface area contributed by atoms with E-state index in [-0.39, 0.29) is 42.3 Å². The Kier molecular flexibility index (Phi) is 5.35. The van der Waals surface area contributed by atoms with Crippen LogP contribution in [-0.4, -0.2) is 60.2 Å². The van der Waals surface area contributed by atoms with Crippen molar-refractivity contribution in [3.05, 3.63) is 39.1 Å². The third-order valence-corrected chi connectivity index (χ3v) is 4.09. The summed E-state index contributed by atoms with van der Waals surface area (Å²) in [6.45, 7) is 0.151. The Morgan fingerprint density at radius 3 is 2.82 bits per heavy atom. The Balaban J connectivity index is 1.85. The molecule has 3 aromatic heterocycles. The molecule has 7 N–H and O–H groups in total. The molecule has 3 aromatic rings. The number of hydrogen-bond donors (Lipinski definition) is 6. The molecule has 3 heterocycles. The smallest absolute Gasteiger partial charge is 0.351 e. The normalized spacial score (nSPS) is 12.2. The minimum absolute atomic E-state index is 0.00935. The van der Waals surface area contributed by atoms with Gasteiger partial charge in [-0.05, 0) is 0 Å². The highest BCUT2D eigenvalue weighted by Crippen LogP contribution is 2.11. The van der Waals surface area contributed by atoms with Gasteiger partial charge in [-0.25, -0.2) is 9.78 Å². The van der Waals surface area contributed by atoms with Crippen LogP contribution in [0.4, 0.5) is 11.8 Å². The number of fused-ring (bicyclic) bond motifs is 1. The molecule has 0 fully saturated rings. The zero-order valence-corrected chi connectivity index (χ0v) is 14.9. The Labute approximate surface area is 157 Å². The molecule has 0 bridgehead atoms. The van der Waals surface area contributed by atoms with Gasteiger partial charge in [-0.3, -0.25) is 19.1 Å². The first-order chi connectivity index (χ1) is 13.4. The summed E-state index contributed by atoms with van der Waals surface area (Å²) in [7, 11) is 1.56. The molecular weight excluding hydrogens is 370 g/mol. The van der Waals surface area contributed by atoms with Gasteiger partial charge in [0, 0.05) is 32.8 Å². The SMILES string of the molecule is CNc1nc2c(c(N)nc(=O)n2CCNC(Cc2c[nH]cn2)C(=O)O)c(=O)[nH]1. The highest BCUT2D eigenvalue weighted by Gasteiger charge is 2.19. The van der Waals surface area contributed by atoms with Crippen LogP contribution in [0.3, 0.4) is 0 Å². The molecule has 0 aliphatic heterocycles. The molecule has 0 radical (unpaired) electrons. The molecule has 13 heteroatoms. The third kappa shape index (κ3) is 3.83. The highest BCUT2D eigenvalue weighted by molar-refractivity contribution is 5.85. The fourth-order valence-corrected chi connectivity index (χ4v) is 2.73. The second-order valence-corrected chi connectivity index (χ2v) is 5.90. The molecule has 1 unspecified atom stereocenters. The number of nitrogens with zero attached hydrogens (tertiary/aromatic N) is 4. The molecule has 13 nitrogen and oxygen atoms in total. The van der Waals surface area contributed by atoms with E-state index in [9.17, 15) is 19.5 Å². The van der Waals surface area contributed by atoms with Crippen LogP contribution in [0.2, 0.25) is 0 Å². The number of nitrogens with two attached hydrogens (primary N) is 1. The number of anilines is 2. The third-order valence-electron chi connectivity index (χ3n) is 4.09. The summed E-state index contributed by atoms with van der Waals surface area (Å²) in [5.74, 6) is -1.11. The summed E-state index contributed by atoms with van der Waals surface area (Å²) in [6.07, 6.45) is 3.23. The monoisotopic (exact) mass is 389 g/mol. The number of rotatable bonds is 8. The van der Waals surface area contributed by atoms with Crippen LogP contribution in [0.1, 0.15) is 5.69 Å². The first kappa shape index (κ1) is 19.0. The van der Waals surface area contributed by atoms with Crippen molar-refractivity contribution in [1.29, 1.82) is 0 Å². The second-order valence-electron chi connectivity index (χ2n) is 5.90. The van der Waals surface area contributed by atoms with Gasteiger partial charge in [0.2, 0.25) is 5.95 Å². The Morgan fingerprint density at radius 2 is 2.18 bits per heavy atom. The van der Waals surface area contributed by atoms with Gasteiger partial charge in [-0.15, -0.1) is 0 Å². The van der Waals surface area contributed by atoms with Gasteiger partial charge in [0.05, 0.1) is 12.0 Å². The summed E-state index contributed by atoms with van der Waals surface area (Å²) < 4.78 is 1.17.